The molecule has 5 rings (SSSR count). The van der Waals surface area contributed by atoms with Crippen LogP contribution in [0.25, 0.3) is 6.08 Å². The Morgan fingerprint density at radius 3 is 2.54 bits per heavy atom. The average Bonchev–Trinajstić information content (AvgIpc) is 3.23. The van der Waals surface area contributed by atoms with E-state index < -0.39 is 0 Å². The zero-order valence-corrected chi connectivity index (χ0v) is 24.7. The number of halogens is 3. The van der Waals surface area contributed by atoms with E-state index in [0.29, 0.717) is 37.4 Å². The van der Waals surface area contributed by atoms with Crippen LogP contribution in [0.4, 0.5) is 15.8 Å². The highest BCUT2D eigenvalue weighted by Crippen LogP contribution is 2.38. The maximum Gasteiger partial charge on any atom is 0.266 e. The molecule has 0 aliphatic carbocycles. The second-order valence-corrected chi connectivity index (χ2v) is 11.6. The summed E-state index contributed by atoms with van der Waals surface area (Å²) >= 11 is 11.4. The van der Waals surface area contributed by atoms with E-state index in [-0.39, 0.29) is 18.3 Å². The van der Waals surface area contributed by atoms with Crippen LogP contribution in [-0.4, -0.2) is 35.6 Å². The molecule has 0 unspecified atom stereocenters. The Morgan fingerprint density at radius 1 is 1.10 bits per heavy atom. The van der Waals surface area contributed by atoms with E-state index >= 15 is 0 Å². The highest BCUT2D eigenvalue weighted by molar-refractivity contribution is 9.10. The van der Waals surface area contributed by atoms with Crippen LogP contribution >= 0.6 is 39.3 Å². The van der Waals surface area contributed by atoms with Gasteiger partial charge in [0, 0.05) is 30.9 Å². The fourth-order valence-electron chi connectivity index (χ4n) is 4.59. The van der Waals surface area contributed by atoms with Crippen molar-refractivity contribution in [2.24, 2.45) is 4.99 Å². The summed E-state index contributed by atoms with van der Waals surface area (Å²) in [4.78, 5) is 22.6. The number of aliphatic imine (C=N–C) groups is 1. The summed E-state index contributed by atoms with van der Waals surface area (Å²) in [6.45, 7) is 4.68. The van der Waals surface area contributed by atoms with Crippen molar-refractivity contribution in [1.29, 1.82) is 0 Å². The van der Waals surface area contributed by atoms with Crippen LogP contribution in [0.5, 0.6) is 5.75 Å². The van der Waals surface area contributed by atoms with E-state index in [9.17, 15) is 9.18 Å². The number of hydrogen-bond acceptors (Lipinski definition) is 5. The number of thioether (sulfide) groups is 1. The fourth-order valence-corrected chi connectivity index (χ4v) is 6.64. The summed E-state index contributed by atoms with van der Waals surface area (Å²) in [5.74, 6) is -0.0185. The Bertz CT molecular complexity index is 1400. The highest BCUT2D eigenvalue weighted by Gasteiger charge is 2.32. The number of anilines is 1. The van der Waals surface area contributed by atoms with E-state index in [0.717, 1.165) is 24.3 Å². The number of amides is 1. The molecule has 0 atom stereocenters. The molecule has 202 valence electrons. The van der Waals surface area contributed by atoms with Crippen LogP contribution in [0.2, 0.25) is 5.02 Å². The van der Waals surface area contributed by atoms with Gasteiger partial charge in [-0.05, 0) is 108 Å². The Hall–Kier alpha value is -2.81. The molecule has 2 saturated heterocycles. The van der Waals surface area contributed by atoms with Gasteiger partial charge in [-0.3, -0.25) is 9.69 Å². The zero-order valence-electron chi connectivity index (χ0n) is 21.5. The Morgan fingerprint density at radius 2 is 1.85 bits per heavy atom. The summed E-state index contributed by atoms with van der Waals surface area (Å²) in [7, 11) is 0. The lowest BCUT2D eigenvalue weighted by Crippen LogP contribution is -2.29. The first-order valence-electron chi connectivity index (χ1n) is 12.9. The third kappa shape index (κ3) is 6.51. The van der Waals surface area contributed by atoms with Crippen LogP contribution < -0.4 is 9.64 Å². The molecule has 0 saturated carbocycles. The molecule has 0 radical (unpaired) electrons. The number of hydrogen-bond donors (Lipinski definition) is 0. The van der Waals surface area contributed by atoms with Crippen molar-refractivity contribution < 1.29 is 13.9 Å². The smallest absolute Gasteiger partial charge is 0.266 e. The molecular weight excluding hydrogens is 601 g/mol. The van der Waals surface area contributed by atoms with Crippen molar-refractivity contribution >= 4 is 67.8 Å². The first kappa shape index (κ1) is 27.7. The molecule has 0 aromatic heterocycles. The quantitative estimate of drug-likeness (QED) is 0.246. The van der Waals surface area contributed by atoms with Gasteiger partial charge in [0.1, 0.15) is 12.4 Å². The van der Waals surface area contributed by atoms with Crippen LogP contribution in [-0.2, 0) is 11.4 Å². The number of ether oxygens (including phenoxy) is 1. The van der Waals surface area contributed by atoms with Gasteiger partial charge in [0.05, 0.1) is 20.1 Å². The van der Waals surface area contributed by atoms with Crippen molar-refractivity contribution in [3.8, 4) is 5.75 Å². The molecule has 3 aromatic rings. The van der Waals surface area contributed by atoms with E-state index in [1.807, 2.05) is 25.1 Å². The number of benzene rings is 3. The molecule has 0 N–H and O–H groups in total. The molecule has 3 aromatic carbocycles. The van der Waals surface area contributed by atoms with Gasteiger partial charge in [-0.15, -0.1) is 0 Å². The van der Waals surface area contributed by atoms with Crippen molar-refractivity contribution in [2.45, 2.75) is 32.8 Å². The lowest BCUT2D eigenvalue weighted by Gasteiger charge is -2.28. The Kier molecular flexibility index (Phi) is 8.95. The van der Waals surface area contributed by atoms with Gasteiger partial charge in [-0.25, -0.2) is 9.38 Å². The maximum atomic E-state index is 14.0. The summed E-state index contributed by atoms with van der Waals surface area (Å²) in [6.07, 6.45) is 5.56. The van der Waals surface area contributed by atoms with Crippen LogP contribution in [0, 0.1) is 5.82 Å². The molecule has 5 nitrogen and oxygen atoms in total. The molecule has 9 heteroatoms. The SMILES string of the molecule is CCN1C(=O)/C(=C/c2cc(Cl)c(OCc3ccccc3F)c(Br)c2)SC1=Nc1ccc(N2CCCCC2)cc1. The van der Waals surface area contributed by atoms with E-state index in [4.69, 9.17) is 21.3 Å². The summed E-state index contributed by atoms with van der Waals surface area (Å²) < 4.78 is 20.4. The van der Waals surface area contributed by atoms with Gasteiger partial charge in [0.15, 0.2) is 10.9 Å². The van der Waals surface area contributed by atoms with E-state index in [1.165, 1.54) is 42.8 Å². The molecule has 2 fully saturated rings. The summed E-state index contributed by atoms with van der Waals surface area (Å²) in [5, 5.41) is 1.01. The molecule has 2 heterocycles. The predicted octanol–water partition coefficient (Wildman–Crippen LogP) is 8.43. The minimum absolute atomic E-state index is 0.0457. The predicted molar refractivity (Wildman–Crippen MR) is 162 cm³/mol. The number of carbonyl (C=O) groups is 1. The number of nitrogens with zero attached hydrogens (tertiary/aromatic N) is 3. The van der Waals surface area contributed by atoms with Crippen molar-refractivity contribution in [3.05, 3.63) is 92.0 Å². The van der Waals surface area contributed by atoms with Crippen molar-refractivity contribution in [2.75, 3.05) is 24.5 Å². The van der Waals surface area contributed by atoms with E-state index in [1.54, 1.807) is 35.2 Å². The Balaban J connectivity index is 1.32. The third-order valence-corrected chi connectivity index (χ3v) is 8.52. The molecule has 2 aliphatic rings. The number of piperidine rings is 1. The number of amidine groups is 1. The van der Waals surface area contributed by atoms with E-state index in [2.05, 4.69) is 33.0 Å². The lowest BCUT2D eigenvalue weighted by atomic mass is 10.1. The van der Waals surface area contributed by atoms with Crippen LogP contribution in [0.1, 0.15) is 37.3 Å². The molecule has 2 aliphatic heterocycles. The Labute approximate surface area is 245 Å². The second kappa shape index (κ2) is 12.6. The van der Waals surface area contributed by atoms with Gasteiger partial charge in [0.25, 0.3) is 5.91 Å². The monoisotopic (exact) mass is 627 g/mol. The minimum atomic E-state index is -0.334. The summed E-state index contributed by atoms with van der Waals surface area (Å²) in [5.41, 5.74) is 3.20. The molecular formula is C30H28BrClFN3O2S. The fraction of sp³-hybridized carbons (Fsp3) is 0.267. The van der Waals surface area contributed by atoms with Gasteiger partial charge >= 0.3 is 0 Å². The molecule has 0 spiro atoms. The van der Waals surface area contributed by atoms with Crippen LogP contribution in [0.3, 0.4) is 0 Å². The third-order valence-electron chi connectivity index (χ3n) is 6.65. The zero-order chi connectivity index (χ0) is 27.4. The topological polar surface area (TPSA) is 45.1 Å². The standard InChI is InChI=1S/C30H28BrClFN3O2S/c1-2-36-29(37)27(39-30(36)34-22-10-12-23(13-11-22)35-14-6-3-7-15-35)18-20-16-24(31)28(25(32)17-20)38-19-21-8-4-5-9-26(21)33/h4-5,8-13,16-18H,2-3,6-7,14-15,19H2,1H3/b27-18-,34-30?. The normalized spacial score (nSPS) is 17.9. The van der Waals surface area contributed by atoms with Gasteiger partial charge < -0.3 is 9.64 Å². The molecule has 39 heavy (non-hydrogen) atoms. The van der Waals surface area contributed by atoms with Gasteiger partial charge in [0.2, 0.25) is 0 Å². The average molecular weight is 629 g/mol. The second-order valence-electron chi connectivity index (χ2n) is 9.31. The number of carbonyl (C=O) groups excluding carboxylic acids is 1. The lowest BCUT2D eigenvalue weighted by molar-refractivity contribution is -0.122. The largest absolute Gasteiger partial charge is 0.486 e. The molecule has 0 bridgehead atoms. The van der Waals surface area contributed by atoms with Gasteiger partial charge in [-0.1, -0.05) is 29.8 Å². The minimum Gasteiger partial charge on any atom is -0.486 e. The van der Waals surface area contributed by atoms with Gasteiger partial charge in [-0.2, -0.15) is 0 Å². The first-order valence-corrected chi connectivity index (χ1v) is 14.9. The highest BCUT2D eigenvalue weighted by atomic mass is 79.9. The first-order chi connectivity index (χ1) is 18.9. The number of likely N-dealkylation sites (N-methyl/N-ethyl adjacent to an activating group) is 1. The number of rotatable bonds is 7. The van der Waals surface area contributed by atoms with Crippen molar-refractivity contribution in [1.82, 2.24) is 4.90 Å². The molecule has 1 amide bonds. The van der Waals surface area contributed by atoms with Crippen molar-refractivity contribution in [3.63, 3.8) is 0 Å². The van der Waals surface area contributed by atoms with Crippen LogP contribution in [0.15, 0.2) is 75.0 Å². The summed E-state index contributed by atoms with van der Waals surface area (Å²) in [6, 6.07) is 18.2. The maximum absolute atomic E-state index is 14.0.